The van der Waals surface area contributed by atoms with Crippen LogP contribution in [0, 0.1) is 5.92 Å². The molecule has 0 atom stereocenters. The van der Waals surface area contributed by atoms with E-state index in [9.17, 15) is 9.59 Å². The lowest BCUT2D eigenvalue weighted by Crippen LogP contribution is -2.13. The molecule has 1 aromatic carbocycles. The van der Waals surface area contributed by atoms with Crippen LogP contribution in [-0.4, -0.2) is 23.6 Å². The Balaban J connectivity index is 2.19. The highest BCUT2D eigenvalue weighted by atomic mass is 16.5. The molecule has 6 heteroatoms. The lowest BCUT2D eigenvalue weighted by Gasteiger charge is -2.13. The molecule has 128 valence electrons. The van der Waals surface area contributed by atoms with Crippen molar-refractivity contribution in [2.24, 2.45) is 5.92 Å². The van der Waals surface area contributed by atoms with Gasteiger partial charge in [0, 0.05) is 12.5 Å². The van der Waals surface area contributed by atoms with E-state index in [2.05, 4.69) is 5.32 Å². The first-order valence-corrected chi connectivity index (χ1v) is 7.81. The summed E-state index contributed by atoms with van der Waals surface area (Å²) in [6.45, 7) is 6.35. The number of carboxylic acid groups (broad SMARTS) is 1. The predicted octanol–water partition coefficient (Wildman–Crippen LogP) is 3.83. The molecule has 0 saturated carbocycles. The molecule has 0 aliphatic rings. The molecule has 0 unspecified atom stereocenters. The lowest BCUT2D eigenvalue weighted by atomic mass is 10.2. The molecule has 0 aliphatic heterocycles. The average molecular weight is 331 g/mol. The lowest BCUT2D eigenvalue weighted by molar-refractivity contribution is 0.0694. The number of rotatable bonds is 7. The second kappa shape index (κ2) is 7.68. The smallest absolute Gasteiger partial charge is 0.339 e. The molecule has 0 saturated heterocycles. The molecule has 0 aliphatic carbocycles. The van der Waals surface area contributed by atoms with Gasteiger partial charge in [-0.2, -0.15) is 0 Å². The van der Waals surface area contributed by atoms with Crippen molar-refractivity contribution in [3.05, 3.63) is 47.4 Å². The van der Waals surface area contributed by atoms with Crippen molar-refractivity contribution in [2.45, 2.75) is 27.2 Å². The fraction of sp³-hybridized carbons (Fsp3) is 0.333. The first-order chi connectivity index (χ1) is 11.4. The van der Waals surface area contributed by atoms with Gasteiger partial charge in [0.2, 0.25) is 0 Å². The number of carbonyl (C=O) groups is 2. The number of hydrogen-bond acceptors (Lipinski definition) is 4. The number of nitrogens with one attached hydrogen (secondary N) is 1. The largest absolute Gasteiger partial charge is 0.491 e. The summed E-state index contributed by atoms with van der Waals surface area (Å²) in [4.78, 5) is 23.5. The minimum atomic E-state index is -1.12. The zero-order valence-corrected chi connectivity index (χ0v) is 14.0. The summed E-state index contributed by atoms with van der Waals surface area (Å²) in [6.07, 6.45) is 0.392. The predicted molar refractivity (Wildman–Crippen MR) is 89.8 cm³/mol. The normalized spacial score (nSPS) is 10.7. The number of para-hydroxylation sites is 2. The number of hydrogen-bond donors (Lipinski definition) is 2. The molecule has 1 aromatic heterocycles. The van der Waals surface area contributed by atoms with Crippen molar-refractivity contribution in [1.82, 2.24) is 0 Å². The minimum Gasteiger partial charge on any atom is -0.491 e. The van der Waals surface area contributed by atoms with Crippen LogP contribution in [0.25, 0.3) is 0 Å². The van der Waals surface area contributed by atoms with Gasteiger partial charge in [-0.3, -0.25) is 4.79 Å². The van der Waals surface area contributed by atoms with E-state index in [0.29, 0.717) is 30.4 Å². The summed E-state index contributed by atoms with van der Waals surface area (Å²) >= 11 is 0. The van der Waals surface area contributed by atoms with E-state index in [1.165, 1.54) is 6.07 Å². The van der Waals surface area contributed by atoms with Gasteiger partial charge in [-0.15, -0.1) is 0 Å². The molecule has 1 amide bonds. The van der Waals surface area contributed by atoms with Crippen LogP contribution in [0.5, 0.6) is 5.75 Å². The minimum absolute atomic E-state index is 0.00647. The monoisotopic (exact) mass is 331 g/mol. The first kappa shape index (κ1) is 17.6. The third-order valence-corrected chi connectivity index (χ3v) is 3.29. The number of aromatic carboxylic acids is 1. The van der Waals surface area contributed by atoms with Gasteiger partial charge in [-0.1, -0.05) is 32.9 Å². The van der Waals surface area contributed by atoms with Gasteiger partial charge in [0.15, 0.2) is 5.76 Å². The maximum atomic E-state index is 12.4. The Bertz CT molecular complexity index is 733. The van der Waals surface area contributed by atoms with Gasteiger partial charge in [0.05, 0.1) is 12.3 Å². The summed E-state index contributed by atoms with van der Waals surface area (Å²) in [5, 5.41) is 11.8. The highest BCUT2D eigenvalue weighted by molar-refractivity contribution is 6.04. The average Bonchev–Trinajstić information content (AvgIpc) is 2.98. The molecule has 2 rings (SSSR count). The van der Waals surface area contributed by atoms with Crippen LogP contribution in [0.3, 0.4) is 0 Å². The molecule has 24 heavy (non-hydrogen) atoms. The van der Waals surface area contributed by atoms with E-state index in [4.69, 9.17) is 14.3 Å². The van der Waals surface area contributed by atoms with Gasteiger partial charge in [-0.25, -0.2) is 4.79 Å². The van der Waals surface area contributed by atoms with Gasteiger partial charge < -0.3 is 19.6 Å². The van der Waals surface area contributed by atoms with E-state index in [0.717, 1.165) is 0 Å². The van der Waals surface area contributed by atoms with Crippen LogP contribution >= 0.6 is 0 Å². The standard InChI is InChI=1S/C18H21NO5/c1-4-14-12(18(21)22)9-16(24-14)17(20)19-13-7-5-6-8-15(13)23-10-11(2)3/h5-9,11H,4,10H2,1-3H3,(H,19,20)(H,21,22). The third-order valence-electron chi connectivity index (χ3n) is 3.29. The molecule has 0 spiro atoms. The fourth-order valence-corrected chi connectivity index (χ4v) is 2.12. The highest BCUT2D eigenvalue weighted by Crippen LogP contribution is 2.26. The summed E-state index contributed by atoms with van der Waals surface area (Å²) in [5.41, 5.74) is 0.515. The highest BCUT2D eigenvalue weighted by Gasteiger charge is 2.20. The molecule has 0 bridgehead atoms. The van der Waals surface area contributed by atoms with Crippen LogP contribution < -0.4 is 10.1 Å². The number of anilines is 1. The van der Waals surface area contributed by atoms with E-state index in [1.54, 1.807) is 25.1 Å². The van der Waals surface area contributed by atoms with Crippen molar-refractivity contribution in [3.63, 3.8) is 0 Å². The van der Waals surface area contributed by atoms with E-state index in [1.807, 2.05) is 19.9 Å². The molecule has 2 aromatic rings. The summed E-state index contributed by atoms with van der Waals surface area (Å²) in [5.74, 6) is -0.489. The van der Waals surface area contributed by atoms with Crippen molar-refractivity contribution < 1.29 is 23.8 Å². The zero-order chi connectivity index (χ0) is 17.7. The Labute approximate surface area is 140 Å². The number of benzene rings is 1. The number of aryl methyl sites for hydroxylation is 1. The fourth-order valence-electron chi connectivity index (χ4n) is 2.12. The van der Waals surface area contributed by atoms with Gasteiger partial charge in [0.1, 0.15) is 17.1 Å². The van der Waals surface area contributed by atoms with E-state index < -0.39 is 11.9 Å². The SMILES string of the molecule is CCc1oc(C(=O)Nc2ccccc2OCC(C)C)cc1C(=O)O. The number of amides is 1. The van der Waals surface area contributed by atoms with Gasteiger partial charge in [0.25, 0.3) is 5.91 Å². The molecule has 6 nitrogen and oxygen atoms in total. The topological polar surface area (TPSA) is 88.8 Å². The quantitative estimate of drug-likeness (QED) is 0.805. The summed E-state index contributed by atoms with van der Waals surface area (Å²) < 4.78 is 11.0. The molecule has 1 heterocycles. The third kappa shape index (κ3) is 4.16. The van der Waals surface area contributed by atoms with Crippen LogP contribution in [-0.2, 0) is 6.42 Å². The Kier molecular flexibility index (Phi) is 5.63. The number of furan rings is 1. The van der Waals surface area contributed by atoms with Crippen LogP contribution in [0.4, 0.5) is 5.69 Å². The second-order valence-electron chi connectivity index (χ2n) is 5.76. The number of ether oxygens (including phenoxy) is 1. The van der Waals surface area contributed by atoms with Crippen LogP contribution in [0.15, 0.2) is 34.7 Å². The number of carboxylic acids is 1. The maximum Gasteiger partial charge on any atom is 0.339 e. The van der Waals surface area contributed by atoms with E-state index >= 15 is 0 Å². The van der Waals surface area contributed by atoms with E-state index in [-0.39, 0.29) is 17.1 Å². The van der Waals surface area contributed by atoms with Gasteiger partial charge in [-0.05, 0) is 18.1 Å². The molecular weight excluding hydrogens is 310 g/mol. The molecule has 0 radical (unpaired) electrons. The molecular formula is C18H21NO5. The van der Waals surface area contributed by atoms with Crippen molar-refractivity contribution in [3.8, 4) is 5.75 Å². The Morgan fingerprint density at radius 1 is 1.29 bits per heavy atom. The maximum absolute atomic E-state index is 12.4. The Morgan fingerprint density at radius 3 is 2.58 bits per heavy atom. The molecule has 0 fully saturated rings. The van der Waals surface area contributed by atoms with Crippen molar-refractivity contribution in [2.75, 3.05) is 11.9 Å². The first-order valence-electron chi connectivity index (χ1n) is 7.81. The number of carbonyl (C=O) groups excluding carboxylic acids is 1. The Morgan fingerprint density at radius 2 is 2.00 bits per heavy atom. The van der Waals surface area contributed by atoms with Crippen LogP contribution in [0.2, 0.25) is 0 Å². The Hall–Kier alpha value is -2.76. The second-order valence-corrected chi connectivity index (χ2v) is 5.76. The van der Waals surface area contributed by atoms with Crippen molar-refractivity contribution >= 4 is 17.6 Å². The van der Waals surface area contributed by atoms with Crippen LogP contribution in [0.1, 0.15) is 47.4 Å². The summed E-state index contributed by atoms with van der Waals surface area (Å²) in [7, 11) is 0. The van der Waals surface area contributed by atoms with Gasteiger partial charge >= 0.3 is 5.97 Å². The summed E-state index contributed by atoms with van der Waals surface area (Å²) in [6, 6.07) is 8.32. The van der Waals surface area contributed by atoms with Crippen molar-refractivity contribution in [1.29, 1.82) is 0 Å². The molecule has 2 N–H and O–H groups in total. The zero-order valence-electron chi connectivity index (χ0n) is 14.0.